The van der Waals surface area contributed by atoms with E-state index in [-0.39, 0.29) is 5.60 Å². The van der Waals surface area contributed by atoms with Gasteiger partial charge in [-0.2, -0.15) is 0 Å². The number of piperidine rings is 1. The fraction of sp³-hybridized carbons (Fsp3) is 0.647. The predicted molar refractivity (Wildman–Crippen MR) is 83.2 cm³/mol. The maximum Gasteiger partial charge on any atom is 0.105 e. The van der Waals surface area contributed by atoms with E-state index in [1.807, 2.05) is 11.3 Å². The van der Waals surface area contributed by atoms with Gasteiger partial charge in [0.2, 0.25) is 0 Å². The average Bonchev–Trinajstić information content (AvgIpc) is 2.99. The molecule has 1 aromatic heterocycles. The van der Waals surface area contributed by atoms with Crippen LogP contribution < -0.4 is 0 Å². The maximum atomic E-state index is 6.29. The van der Waals surface area contributed by atoms with E-state index in [9.17, 15) is 0 Å². The first-order valence-corrected chi connectivity index (χ1v) is 8.87. The third-order valence-electron chi connectivity index (χ3n) is 5.21. The molecule has 0 N–H and O–H groups in total. The van der Waals surface area contributed by atoms with Gasteiger partial charge in [0.15, 0.2) is 0 Å². The monoisotopic (exact) mass is 289 g/mol. The Labute approximate surface area is 125 Å². The van der Waals surface area contributed by atoms with Crippen molar-refractivity contribution in [3.63, 3.8) is 0 Å². The summed E-state index contributed by atoms with van der Waals surface area (Å²) in [5, 5.41) is 2.25. The summed E-state index contributed by atoms with van der Waals surface area (Å²) in [7, 11) is 0. The summed E-state index contributed by atoms with van der Waals surface area (Å²) in [5.41, 5.74) is 1.60. The molecule has 2 aliphatic heterocycles. The van der Waals surface area contributed by atoms with Gasteiger partial charge < -0.3 is 4.74 Å². The summed E-state index contributed by atoms with van der Waals surface area (Å²) in [5.74, 6) is 0. The third kappa shape index (κ3) is 2.16. The molecule has 3 aliphatic rings. The Morgan fingerprint density at radius 2 is 2.20 bits per heavy atom. The molecule has 1 aromatic rings. The highest BCUT2D eigenvalue weighted by molar-refractivity contribution is 7.10. The quantitative estimate of drug-likeness (QED) is 0.731. The molecule has 0 aromatic carbocycles. The van der Waals surface area contributed by atoms with Gasteiger partial charge in [-0.25, -0.2) is 0 Å². The number of allylic oxidation sites excluding steroid dienone is 1. The number of hydrogen-bond donors (Lipinski definition) is 0. The Hall–Kier alpha value is -0.640. The van der Waals surface area contributed by atoms with Crippen molar-refractivity contribution in [2.45, 2.75) is 50.2 Å². The second-order valence-electron chi connectivity index (χ2n) is 6.33. The minimum Gasteiger partial charge on any atom is -0.369 e. The van der Waals surface area contributed by atoms with E-state index in [4.69, 9.17) is 4.74 Å². The average molecular weight is 289 g/mol. The zero-order valence-corrected chi connectivity index (χ0v) is 12.8. The molecular formula is C17H23NOS. The number of rotatable bonds is 1. The third-order valence-corrected chi connectivity index (χ3v) is 6.36. The molecule has 1 saturated heterocycles. The SMILES string of the molecule is C1=CC(N2CCC3(CC2)OCCc2ccsc23)CCC1. The van der Waals surface area contributed by atoms with E-state index in [0.29, 0.717) is 6.04 Å². The van der Waals surface area contributed by atoms with E-state index >= 15 is 0 Å². The lowest BCUT2D eigenvalue weighted by molar-refractivity contribution is -0.0983. The van der Waals surface area contributed by atoms with Crippen molar-refractivity contribution in [1.29, 1.82) is 0 Å². The number of fused-ring (bicyclic) bond motifs is 2. The first-order chi connectivity index (χ1) is 9.87. The Bertz CT molecular complexity index is 499. The van der Waals surface area contributed by atoms with Crippen molar-refractivity contribution in [1.82, 2.24) is 4.90 Å². The largest absolute Gasteiger partial charge is 0.369 e. The van der Waals surface area contributed by atoms with Crippen molar-refractivity contribution in [3.8, 4) is 0 Å². The van der Waals surface area contributed by atoms with Gasteiger partial charge in [-0.3, -0.25) is 4.90 Å². The fourth-order valence-electron chi connectivity index (χ4n) is 4.04. The molecule has 3 heteroatoms. The number of hydrogen-bond acceptors (Lipinski definition) is 3. The first-order valence-electron chi connectivity index (χ1n) is 7.99. The summed E-state index contributed by atoms with van der Waals surface area (Å²) in [6, 6.07) is 2.99. The van der Waals surface area contributed by atoms with Crippen LogP contribution in [0.4, 0.5) is 0 Å². The molecule has 1 spiro atoms. The van der Waals surface area contributed by atoms with E-state index in [2.05, 4.69) is 28.5 Å². The fourth-order valence-corrected chi connectivity index (χ4v) is 5.21. The van der Waals surface area contributed by atoms with E-state index in [1.54, 1.807) is 5.56 Å². The van der Waals surface area contributed by atoms with Crippen LogP contribution in [0.2, 0.25) is 0 Å². The van der Waals surface area contributed by atoms with Crippen molar-refractivity contribution in [2.24, 2.45) is 0 Å². The molecule has 1 aliphatic carbocycles. The van der Waals surface area contributed by atoms with Gasteiger partial charge in [-0.05, 0) is 55.5 Å². The Morgan fingerprint density at radius 1 is 1.30 bits per heavy atom. The van der Waals surface area contributed by atoms with Crippen molar-refractivity contribution < 1.29 is 4.74 Å². The van der Waals surface area contributed by atoms with Crippen LogP contribution in [0.1, 0.15) is 42.5 Å². The van der Waals surface area contributed by atoms with Crippen LogP contribution in [0, 0.1) is 0 Å². The first kappa shape index (κ1) is 13.1. The van der Waals surface area contributed by atoms with Gasteiger partial charge in [0.25, 0.3) is 0 Å². The van der Waals surface area contributed by atoms with E-state index in [0.717, 1.165) is 13.0 Å². The Morgan fingerprint density at radius 3 is 3.00 bits per heavy atom. The van der Waals surface area contributed by atoms with Gasteiger partial charge in [0.05, 0.1) is 6.61 Å². The molecule has 1 fully saturated rings. The molecule has 20 heavy (non-hydrogen) atoms. The van der Waals surface area contributed by atoms with E-state index < -0.39 is 0 Å². The second kappa shape index (κ2) is 5.28. The molecule has 1 atom stereocenters. The predicted octanol–water partition coefficient (Wildman–Crippen LogP) is 3.72. The number of thiophene rings is 1. The smallest absolute Gasteiger partial charge is 0.105 e. The van der Waals surface area contributed by atoms with Crippen molar-refractivity contribution in [3.05, 3.63) is 34.0 Å². The van der Waals surface area contributed by atoms with E-state index in [1.165, 1.54) is 50.1 Å². The van der Waals surface area contributed by atoms with Crippen LogP contribution in [0.3, 0.4) is 0 Å². The van der Waals surface area contributed by atoms with Gasteiger partial charge in [0.1, 0.15) is 5.60 Å². The molecule has 3 heterocycles. The van der Waals surface area contributed by atoms with Gasteiger partial charge >= 0.3 is 0 Å². The normalized spacial score (nSPS) is 29.5. The maximum absolute atomic E-state index is 6.29. The highest BCUT2D eigenvalue weighted by Crippen LogP contribution is 2.44. The molecule has 0 saturated carbocycles. The van der Waals surface area contributed by atoms with Crippen LogP contribution >= 0.6 is 11.3 Å². The standard InChI is InChI=1S/C17H23NOS/c1-2-4-15(5-3-1)18-10-8-17(9-11-18)16-14(6-12-19-17)7-13-20-16/h2,4,7,13,15H,1,3,5-6,8-12H2. The lowest BCUT2D eigenvalue weighted by Gasteiger charge is -2.45. The minimum absolute atomic E-state index is 0.0522. The number of nitrogens with zero attached hydrogens (tertiary/aromatic N) is 1. The molecule has 0 amide bonds. The number of ether oxygens (including phenoxy) is 1. The van der Waals surface area contributed by atoms with Gasteiger partial charge in [-0.1, -0.05) is 12.2 Å². The molecule has 108 valence electrons. The summed E-state index contributed by atoms with van der Waals surface area (Å²) in [6.45, 7) is 3.28. The summed E-state index contributed by atoms with van der Waals surface area (Å²) < 4.78 is 6.29. The Balaban J connectivity index is 1.50. The summed E-state index contributed by atoms with van der Waals surface area (Å²) >= 11 is 1.91. The molecule has 2 nitrogen and oxygen atoms in total. The van der Waals surface area contributed by atoms with Gasteiger partial charge in [0, 0.05) is 24.0 Å². The molecule has 1 unspecified atom stereocenters. The highest BCUT2D eigenvalue weighted by atomic mass is 32.1. The minimum atomic E-state index is 0.0522. The lowest BCUT2D eigenvalue weighted by Crippen LogP contribution is -2.49. The zero-order valence-electron chi connectivity index (χ0n) is 12.0. The molecule has 0 bridgehead atoms. The van der Waals surface area contributed by atoms with Crippen LogP contribution in [0.15, 0.2) is 23.6 Å². The molecular weight excluding hydrogens is 266 g/mol. The Kier molecular flexibility index (Phi) is 3.45. The van der Waals surface area contributed by atoms with Crippen LogP contribution in [0.5, 0.6) is 0 Å². The number of likely N-dealkylation sites (tertiary alicyclic amines) is 1. The van der Waals surface area contributed by atoms with Gasteiger partial charge in [-0.15, -0.1) is 11.3 Å². The lowest BCUT2D eigenvalue weighted by atomic mass is 9.84. The molecule has 4 rings (SSSR count). The summed E-state index contributed by atoms with van der Waals surface area (Å²) in [4.78, 5) is 4.20. The molecule has 0 radical (unpaired) electrons. The van der Waals surface area contributed by atoms with Crippen molar-refractivity contribution in [2.75, 3.05) is 19.7 Å². The summed E-state index contributed by atoms with van der Waals surface area (Å²) in [6.07, 6.45) is 12.2. The van der Waals surface area contributed by atoms with Crippen molar-refractivity contribution >= 4 is 11.3 Å². The zero-order chi connectivity index (χ0) is 13.4. The van der Waals surface area contributed by atoms with Crippen LogP contribution in [-0.4, -0.2) is 30.6 Å². The van der Waals surface area contributed by atoms with Crippen LogP contribution in [0.25, 0.3) is 0 Å². The second-order valence-corrected chi connectivity index (χ2v) is 7.25. The topological polar surface area (TPSA) is 12.5 Å². The highest BCUT2D eigenvalue weighted by Gasteiger charge is 2.42. The van der Waals surface area contributed by atoms with Crippen LogP contribution in [-0.2, 0) is 16.8 Å².